The second-order valence-corrected chi connectivity index (χ2v) is 19.6. The van der Waals surface area contributed by atoms with Gasteiger partial charge in [-0.15, -0.1) is 0 Å². The molecule has 3 aliphatic rings. The molecule has 17 rings (SSSR count). The van der Waals surface area contributed by atoms with E-state index in [2.05, 4.69) is 212 Å². The summed E-state index contributed by atoms with van der Waals surface area (Å²) in [6, 6.07) is 67.2. The van der Waals surface area contributed by atoms with Gasteiger partial charge in [0.25, 0.3) is 0 Å². The fourth-order valence-electron chi connectivity index (χ4n) is 13.8. The second kappa shape index (κ2) is 12.4. The maximum absolute atomic E-state index is 5.29. The molecule has 0 amide bonds. The monoisotopic (exact) mass is 858 g/mol. The van der Waals surface area contributed by atoms with E-state index >= 15 is 0 Å². The Morgan fingerprint density at radius 2 is 0.897 bits per heavy atom. The summed E-state index contributed by atoms with van der Waals surface area (Å²) in [6.45, 7) is 2.26. The molecule has 2 heteroatoms. The van der Waals surface area contributed by atoms with E-state index in [0.29, 0.717) is 0 Å². The van der Waals surface area contributed by atoms with Gasteiger partial charge >= 0.3 is 0 Å². The van der Waals surface area contributed by atoms with Gasteiger partial charge in [0.15, 0.2) is 0 Å². The minimum Gasteiger partial charge on any atom is -0.334 e. The number of rotatable bonds is 3. The van der Waals surface area contributed by atoms with Gasteiger partial charge in [-0.3, -0.25) is 4.99 Å². The molecule has 1 aliphatic heterocycles. The summed E-state index contributed by atoms with van der Waals surface area (Å²) in [4.78, 5) is 7.79. The molecule has 0 N–H and O–H groups in total. The summed E-state index contributed by atoms with van der Waals surface area (Å²) in [6.07, 6.45) is 8.64. The number of nitrogens with zero attached hydrogens (tertiary/aromatic N) is 2. The number of hydrogen-bond acceptors (Lipinski definition) is 2. The quantitative estimate of drug-likeness (QED) is 0.128. The molecule has 1 heterocycles. The molecule has 2 unspecified atom stereocenters. The Morgan fingerprint density at radius 1 is 0.368 bits per heavy atom. The zero-order valence-electron chi connectivity index (χ0n) is 37.1. The molecule has 2 aliphatic carbocycles. The van der Waals surface area contributed by atoms with Crippen LogP contribution in [-0.4, -0.2) is 11.8 Å². The van der Waals surface area contributed by atoms with Gasteiger partial charge in [0.2, 0.25) is 0 Å². The summed E-state index contributed by atoms with van der Waals surface area (Å²) in [5, 5.41) is 27.0. The lowest BCUT2D eigenvalue weighted by Crippen LogP contribution is -2.35. The van der Waals surface area contributed by atoms with Crippen molar-refractivity contribution in [3.8, 4) is 33.4 Å². The minimum absolute atomic E-state index is 0.0894. The topological polar surface area (TPSA) is 15.6 Å². The van der Waals surface area contributed by atoms with E-state index in [4.69, 9.17) is 4.99 Å². The summed E-state index contributed by atoms with van der Waals surface area (Å²) >= 11 is 0. The fourth-order valence-corrected chi connectivity index (χ4v) is 13.8. The normalized spacial score (nSPS) is 16.5. The van der Waals surface area contributed by atoms with Crippen molar-refractivity contribution in [3.63, 3.8) is 0 Å². The van der Waals surface area contributed by atoms with E-state index in [-0.39, 0.29) is 12.2 Å². The van der Waals surface area contributed by atoms with Gasteiger partial charge in [0, 0.05) is 5.69 Å². The Kier molecular flexibility index (Phi) is 6.52. The minimum atomic E-state index is -0.0926. The summed E-state index contributed by atoms with van der Waals surface area (Å²) in [5.74, 6) is 0. The summed E-state index contributed by atoms with van der Waals surface area (Å²) < 4.78 is 0. The lowest BCUT2D eigenvalue weighted by Gasteiger charge is -2.31. The lowest BCUT2D eigenvalue weighted by molar-refractivity contribution is 0.696. The van der Waals surface area contributed by atoms with Crippen LogP contribution in [0.4, 0.5) is 5.69 Å². The molecule has 14 aromatic rings. The van der Waals surface area contributed by atoms with E-state index < -0.39 is 0 Å². The average molecular weight is 859 g/mol. The van der Waals surface area contributed by atoms with E-state index in [9.17, 15) is 0 Å². The van der Waals surface area contributed by atoms with Gasteiger partial charge in [-0.1, -0.05) is 176 Å². The van der Waals surface area contributed by atoms with Crippen molar-refractivity contribution < 1.29 is 0 Å². The Bertz CT molecular complexity index is 4660. The molecular formula is C66H38N2. The number of aryl methyl sites for hydroxylation is 1. The third-order valence-electron chi connectivity index (χ3n) is 16.4. The van der Waals surface area contributed by atoms with Crippen molar-refractivity contribution >= 4 is 119 Å². The first kappa shape index (κ1) is 35.6. The van der Waals surface area contributed by atoms with Crippen LogP contribution in [0.2, 0.25) is 0 Å². The van der Waals surface area contributed by atoms with Crippen LogP contribution in [0.25, 0.3) is 141 Å². The van der Waals surface area contributed by atoms with Crippen LogP contribution in [0.1, 0.15) is 17.3 Å². The molecule has 0 saturated heterocycles. The first-order valence-electron chi connectivity index (χ1n) is 24.0. The largest absolute Gasteiger partial charge is 0.334 e. The summed E-state index contributed by atoms with van der Waals surface area (Å²) in [7, 11) is 0. The van der Waals surface area contributed by atoms with Crippen molar-refractivity contribution in [2.24, 2.45) is 4.99 Å². The van der Waals surface area contributed by atoms with E-state index in [0.717, 1.165) is 5.71 Å². The highest BCUT2D eigenvalue weighted by molar-refractivity contribution is 6.51. The third kappa shape index (κ3) is 4.21. The van der Waals surface area contributed by atoms with Gasteiger partial charge in [0.05, 0.1) is 11.8 Å². The molecule has 0 fully saturated rings. The maximum atomic E-state index is 5.29. The number of anilines is 1. The number of allylic oxidation sites excluding steroid dienone is 2. The van der Waals surface area contributed by atoms with Crippen LogP contribution in [-0.2, 0) is 0 Å². The molecule has 2 nitrogen and oxygen atoms in total. The SMILES string of the molecule is Cc1ccccc1-c1c2ccccc2c2c3ccccc3c3c4c(cc1c23)c1ccc2c3ccc5c6c(ccc(c7ccc4c1c27)c63)-c1cc(N2C3C=CC=CC3=NC2c2ccccc2)ccc1-5. The number of fused-ring (bicyclic) bond motifs is 15. The zero-order valence-corrected chi connectivity index (χ0v) is 37.1. The van der Waals surface area contributed by atoms with Gasteiger partial charge in [0.1, 0.15) is 6.17 Å². The van der Waals surface area contributed by atoms with Crippen molar-refractivity contribution in [1.29, 1.82) is 0 Å². The lowest BCUT2D eigenvalue weighted by atomic mass is 9.87. The third-order valence-corrected chi connectivity index (χ3v) is 16.4. The highest BCUT2D eigenvalue weighted by atomic mass is 15.3. The first-order chi connectivity index (χ1) is 33.7. The van der Waals surface area contributed by atoms with Crippen molar-refractivity contribution in [1.82, 2.24) is 0 Å². The Morgan fingerprint density at radius 3 is 1.66 bits per heavy atom. The Hall–Kier alpha value is -8.59. The first-order valence-corrected chi connectivity index (χ1v) is 24.0. The van der Waals surface area contributed by atoms with Crippen LogP contribution >= 0.6 is 0 Å². The molecular weight excluding hydrogens is 821 g/mol. The van der Waals surface area contributed by atoms with Crippen molar-refractivity contribution in [2.75, 3.05) is 4.90 Å². The second-order valence-electron chi connectivity index (χ2n) is 19.6. The molecule has 0 saturated carbocycles. The number of benzene rings is 12. The fraction of sp³-hybridized carbons (Fsp3) is 0.0455. The molecule has 0 spiro atoms. The van der Waals surface area contributed by atoms with Crippen molar-refractivity contribution in [3.05, 3.63) is 211 Å². The molecule has 312 valence electrons. The maximum Gasteiger partial charge on any atom is 0.148 e. The van der Waals surface area contributed by atoms with Crippen LogP contribution < -0.4 is 4.90 Å². The van der Waals surface area contributed by atoms with E-state index in [1.807, 2.05) is 0 Å². The van der Waals surface area contributed by atoms with Gasteiger partial charge in [-0.05, 0) is 183 Å². The molecule has 68 heavy (non-hydrogen) atoms. The van der Waals surface area contributed by atoms with Crippen molar-refractivity contribution in [2.45, 2.75) is 19.1 Å². The smallest absolute Gasteiger partial charge is 0.148 e. The molecule has 2 atom stereocenters. The standard InChI is InChI=1S/C66H38N2/c1-35-13-5-6-16-38(35)57-40-17-7-8-18-41(40)61-42-19-9-10-20-43(42)64-63-51-32-31-48-46-27-29-49-52-33-37(68-56-22-12-11-21-55(56)67-66(68)36-14-3-2-4-15-36)23-24-39(52)44-25-26-45(59(46)58(44)49)47-28-30-50(62(51)60(47)48)53(63)34-54(57)65(61)64/h2-34,56,66H,1H3. The predicted molar refractivity (Wildman–Crippen MR) is 291 cm³/mol. The molecule has 14 aromatic carbocycles. The predicted octanol–water partition coefficient (Wildman–Crippen LogP) is 17.6. The highest BCUT2D eigenvalue weighted by Gasteiger charge is 2.37. The van der Waals surface area contributed by atoms with Crippen LogP contribution in [0.15, 0.2) is 205 Å². The van der Waals surface area contributed by atoms with E-state index in [1.165, 1.54) is 158 Å². The summed E-state index contributed by atoms with van der Waals surface area (Å²) in [5.41, 5.74) is 12.7. The van der Waals surface area contributed by atoms with Gasteiger partial charge < -0.3 is 4.90 Å². The zero-order chi connectivity index (χ0) is 44.1. The molecule has 0 radical (unpaired) electrons. The van der Waals surface area contributed by atoms with Crippen LogP contribution in [0.5, 0.6) is 0 Å². The molecule has 0 aromatic heterocycles. The number of aliphatic imine (C=N–C) groups is 1. The Balaban J connectivity index is 0.935. The number of hydrogen-bond donors (Lipinski definition) is 0. The highest BCUT2D eigenvalue weighted by Crippen LogP contribution is 2.57. The van der Waals surface area contributed by atoms with E-state index in [1.54, 1.807) is 0 Å². The Labute approximate surface area is 391 Å². The van der Waals surface area contributed by atoms with Gasteiger partial charge in [-0.2, -0.15) is 0 Å². The molecule has 0 bridgehead atoms. The average Bonchev–Trinajstić information content (AvgIpc) is 4.14. The van der Waals surface area contributed by atoms with Crippen LogP contribution in [0.3, 0.4) is 0 Å². The van der Waals surface area contributed by atoms with Crippen LogP contribution in [0, 0.1) is 6.92 Å². The van der Waals surface area contributed by atoms with Gasteiger partial charge in [-0.25, -0.2) is 0 Å².